The maximum atomic E-state index is 12.0. The average molecular weight is 380 g/mol. The third kappa shape index (κ3) is 7.56. The Morgan fingerprint density at radius 2 is 2.00 bits per heavy atom. The molecule has 1 aromatic carbocycles. The molecule has 1 aliphatic rings. The molecule has 1 atom stereocenters. The molecule has 1 unspecified atom stereocenters. The molecule has 0 aromatic heterocycles. The van der Waals surface area contributed by atoms with Gasteiger partial charge in [0.05, 0.1) is 6.61 Å². The molecule has 6 heteroatoms. The minimum Gasteiger partial charge on any atom is -0.395 e. The third-order valence-corrected chi connectivity index (χ3v) is 5.52. The summed E-state index contributed by atoms with van der Waals surface area (Å²) in [5.41, 5.74) is 0.809. The largest absolute Gasteiger partial charge is 0.395 e. The van der Waals surface area contributed by atoms with Gasteiger partial charge in [-0.1, -0.05) is 20.8 Å². The number of hydrogen-bond donors (Lipinski definition) is 3. The molecule has 0 spiro atoms. The summed E-state index contributed by atoms with van der Waals surface area (Å²) in [4.78, 5) is 15.5. The van der Waals surface area contributed by atoms with E-state index in [1.807, 2.05) is 36.0 Å². The van der Waals surface area contributed by atoms with Gasteiger partial charge in [-0.2, -0.15) is 0 Å². The molecule has 26 heavy (non-hydrogen) atoms. The van der Waals surface area contributed by atoms with Crippen molar-refractivity contribution in [2.75, 3.05) is 31.6 Å². The molecule has 146 valence electrons. The molecular formula is C20H33N3O2S. The van der Waals surface area contributed by atoms with Crippen LogP contribution in [0.2, 0.25) is 0 Å². The van der Waals surface area contributed by atoms with Crippen molar-refractivity contribution in [3.63, 3.8) is 0 Å². The van der Waals surface area contributed by atoms with Crippen molar-refractivity contribution in [1.82, 2.24) is 10.2 Å². The van der Waals surface area contributed by atoms with Gasteiger partial charge in [0.1, 0.15) is 0 Å². The number of nitrogens with one attached hydrogen (secondary N) is 2. The summed E-state index contributed by atoms with van der Waals surface area (Å²) in [5, 5.41) is 15.1. The minimum atomic E-state index is -0.157. The molecule has 0 saturated carbocycles. The number of likely N-dealkylation sites (tertiary alicyclic amines) is 1. The van der Waals surface area contributed by atoms with Gasteiger partial charge in [-0.05, 0) is 63.0 Å². The van der Waals surface area contributed by atoms with E-state index in [1.54, 1.807) is 0 Å². The Morgan fingerprint density at radius 1 is 1.27 bits per heavy atom. The molecule has 3 N–H and O–H groups in total. The van der Waals surface area contributed by atoms with E-state index < -0.39 is 0 Å². The maximum absolute atomic E-state index is 12.0. The number of carbonyl (C=O) groups is 1. The molecule has 0 radical (unpaired) electrons. The zero-order chi connectivity index (χ0) is 19.0. The first-order chi connectivity index (χ1) is 12.4. The smallest absolute Gasteiger partial charge is 0.319 e. The van der Waals surface area contributed by atoms with Gasteiger partial charge in [0.25, 0.3) is 0 Å². The van der Waals surface area contributed by atoms with Gasteiger partial charge in [-0.25, -0.2) is 4.79 Å². The molecule has 5 nitrogen and oxygen atoms in total. The Labute approximate surface area is 161 Å². The lowest BCUT2D eigenvalue weighted by Crippen LogP contribution is -2.34. The summed E-state index contributed by atoms with van der Waals surface area (Å²) in [6, 6.07) is 8.14. The Balaban J connectivity index is 1.61. The first kappa shape index (κ1) is 21.1. The number of hydrogen-bond acceptors (Lipinski definition) is 4. The summed E-state index contributed by atoms with van der Waals surface area (Å²) < 4.78 is 0.179. The van der Waals surface area contributed by atoms with Crippen molar-refractivity contribution < 1.29 is 9.90 Å². The van der Waals surface area contributed by atoms with Crippen LogP contribution in [0.25, 0.3) is 0 Å². The second-order valence-corrected chi connectivity index (χ2v) is 9.74. The van der Waals surface area contributed by atoms with Crippen LogP contribution in [0.3, 0.4) is 0 Å². The number of unbranched alkanes of at least 4 members (excludes halogenated alkanes) is 1. The highest BCUT2D eigenvalue weighted by molar-refractivity contribution is 8.00. The predicted octanol–water partition coefficient (Wildman–Crippen LogP) is 3.94. The Bertz CT molecular complexity index is 557. The predicted molar refractivity (Wildman–Crippen MR) is 110 cm³/mol. The van der Waals surface area contributed by atoms with E-state index in [0.29, 0.717) is 12.6 Å². The van der Waals surface area contributed by atoms with Crippen LogP contribution in [0.1, 0.15) is 46.5 Å². The van der Waals surface area contributed by atoms with Gasteiger partial charge >= 0.3 is 6.03 Å². The normalized spacial score (nSPS) is 18.1. The van der Waals surface area contributed by atoms with Crippen molar-refractivity contribution in [3.8, 4) is 0 Å². The van der Waals surface area contributed by atoms with Gasteiger partial charge in [-0.3, -0.25) is 4.90 Å². The van der Waals surface area contributed by atoms with E-state index in [0.717, 1.165) is 38.0 Å². The Morgan fingerprint density at radius 3 is 2.65 bits per heavy atom. The number of carbonyl (C=O) groups excluding carboxylic acids is 1. The quantitative estimate of drug-likeness (QED) is 0.473. The van der Waals surface area contributed by atoms with E-state index in [9.17, 15) is 9.90 Å². The fourth-order valence-corrected chi connectivity index (χ4v) is 4.15. The zero-order valence-corrected chi connectivity index (χ0v) is 17.1. The number of amides is 2. The number of rotatable bonds is 8. The van der Waals surface area contributed by atoms with Gasteiger partial charge in [-0.15, -0.1) is 11.8 Å². The van der Waals surface area contributed by atoms with Crippen LogP contribution >= 0.6 is 11.8 Å². The summed E-state index contributed by atoms with van der Waals surface area (Å²) in [6.07, 6.45) is 4.27. The first-order valence-electron chi connectivity index (χ1n) is 9.56. The van der Waals surface area contributed by atoms with E-state index in [1.165, 1.54) is 11.3 Å². The van der Waals surface area contributed by atoms with Crippen molar-refractivity contribution in [3.05, 3.63) is 24.3 Å². The van der Waals surface area contributed by atoms with Crippen molar-refractivity contribution in [2.24, 2.45) is 0 Å². The van der Waals surface area contributed by atoms with Gasteiger partial charge in [0.2, 0.25) is 0 Å². The molecular weight excluding hydrogens is 346 g/mol. The number of urea groups is 1. The van der Waals surface area contributed by atoms with Gasteiger partial charge in [0, 0.05) is 27.9 Å². The third-order valence-electron chi connectivity index (χ3n) is 4.40. The van der Waals surface area contributed by atoms with Crippen LogP contribution in [0.5, 0.6) is 0 Å². The van der Waals surface area contributed by atoms with Crippen molar-refractivity contribution in [2.45, 2.75) is 62.1 Å². The molecule has 1 fully saturated rings. The lowest BCUT2D eigenvalue weighted by atomic mass is 10.2. The standard InChI is InChI=1S/C20H33N3O2S/c1-20(2,3)26-18-10-8-16(9-11-18)22-19(25)21-12-4-5-13-23-14-6-7-17(23)15-24/h8-11,17,24H,4-7,12-15H2,1-3H3,(H2,21,22,25). The number of benzene rings is 1. The summed E-state index contributed by atoms with van der Waals surface area (Å²) >= 11 is 1.81. The minimum absolute atomic E-state index is 0.157. The molecule has 2 rings (SSSR count). The van der Waals surface area contributed by atoms with Gasteiger partial charge in [0.15, 0.2) is 0 Å². The molecule has 2 amide bonds. The van der Waals surface area contributed by atoms with Crippen LogP contribution in [-0.2, 0) is 0 Å². The lowest BCUT2D eigenvalue weighted by molar-refractivity contribution is 0.157. The highest BCUT2D eigenvalue weighted by atomic mass is 32.2. The van der Waals surface area contributed by atoms with E-state index in [2.05, 4.69) is 36.3 Å². The molecule has 0 bridgehead atoms. The van der Waals surface area contributed by atoms with Crippen LogP contribution < -0.4 is 10.6 Å². The summed E-state index contributed by atoms with van der Waals surface area (Å²) in [5.74, 6) is 0. The SMILES string of the molecule is CC(C)(C)Sc1ccc(NC(=O)NCCCCN2CCCC2CO)cc1. The Kier molecular flexibility index (Phi) is 8.25. The van der Waals surface area contributed by atoms with E-state index in [-0.39, 0.29) is 17.4 Å². The van der Waals surface area contributed by atoms with Crippen LogP contribution in [-0.4, -0.2) is 53.1 Å². The molecule has 0 aliphatic carbocycles. The molecule has 1 saturated heterocycles. The van der Waals surface area contributed by atoms with Crippen LogP contribution in [0.4, 0.5) is 10.5 Å². The van der Waals surface area contributed by atoms with Crippen LogP contribution in [0, 0.1) is 0 Å². The average Bonchev–Trinajstić information content (AvgIpc) is 3.02. The fourth-order valence-electron chi connectivity index (χ4n) is 3.17. The van der Waals surface area contributed by atoms with Gasteiger partial charge < -0.3 is 15.7 Å². The fraction of sp³-hybridized carbons (Fsp3) is 0.650. The first-order valence-corrected chi connectivity index (χ1v) is 10.4. The molecule has 1 heterocycles. The number of nitrogens with zero attached hydrogens (tertiary/aromatic N) is 1. The highest BCUT2D eigenvalue weighted by Crippen LogP contribution is 2.32. The second-order valence-electron chi connectivity index (χ2n) is 7.84. The number of anilines is 1. The van der Waals surface area contributed by atoms with E-state index >= 15 is 0 Å². The highest BCUT2D eigenvalue weighted by Gasteiger charge is 2.22. The number of aliphatic hydroxyl groups excluding tert-OH is 1. The summed E-state index contributed by atoms with van der Waals surface area (Å²) in [7, 11) is 0. The maximum Gasteiger partial charge on any atom is 0.319 e. The monoisotopic (exact) mass is 379 g/mol. The van der Waals surface area contributed by atoms with Crippen LogP contribution in [0.15, 0.2) is 29.2 Å². The number of aliphatic hydroxyl groups is 1. The van der Waals surface area contributed by atoms with Crippen molar-refractivity contribution >= 4 is 23.5 Å². The van der Waals surface area contributed by atoms with Crippen molar-refractivity contribution in [1.29, 1.82) is 0 Å². The second kappa shape index (κ2) is 10.2. The van der Waals surface area contributed by atoms with E-state index in [4.69, 9.17) is 0 Å². The molecule has 1 aromatic rings. The topological polar surface area (TPSA) is 64.6 Å². The molecule has 1 aliphatic heterocycles. The summed E-state index contributed by atoms with van der Waals surface area (Å²) in [6.45, 7) is 9.57. The number of thioether (sulfide) groups is 1. The Hall–Kier alpha value is -1.24. The lowest BCUT2D eigenvalue weighted by Gasteiger charge is -2.22. The zero-order valence-electron chi connectivity index (χ0n) is 16.3.